The molecule has 8 heteroatoms. The first-order valence-corrected chi connectivity index (χ1v) is 13.5. The Bertz CT molecular complexity index is 807. The molecule has 1 aliphatic rings. The van der Waals surface area contributed by atoms with Crippen molar-refractivity contribution in [3.8, 4) is 11.5 Å². The van der Waals surface area contributed by atoms with Crippen molar-refractivity contribution >= 4 is 69.9 Å². The Morgan fingerprint density at radius 1 is 0.667 bits per heavy atom. The third-order valence-corrected chi connectivity index (χ3v) is 9.39. The molecular formula is C22H24Cl4O2S2. The van der Waals surface area contributed by atoms with E-state index in [1.807, 2.05) is 23.5 Å². The van der Waals surface area contributed by atoms with E-state index in [-0.39, 0.29) is 21.5 Å². The molecule has 0 bridgehead atoms. The van der Waals surface area contributed by atoms with Crippen molar-refractivity contribution in [1.29, 1.82) is 0 Å². The quantitative estimate of drug-likeness (QED) is 0.394. The molecular weight excluding hydrogens is 502 g/mol. The van der Waals surface area contributed by atoms with Crippen LogP contribution in [0.3, 0.4) is 0 Å². The summed E-state index contributed by atoms with van der Waals surface area (Å²) in [5, 5.41) is 23.1. The second-order valence-electron chi connectivity index (χ2n) is 7.48. The fraction of sp³-hybridized carbons (Fsp3) is 0.455. The minimum absolute atomic E-state index is 0.113. The second-order valence-corrected chi connectivity index (χ2v) is 11.6. The number of phenols is 2. The Hall–Kier alpha value is -0.100. The Morgan fingerprint density at radius 2 is 1.07 bits per heavy atom. The second kappa shape index (κ2) is 11.7. The fourth-order valence-electron chi connectivity index (χ4n) is 3.65. The molecule has 0 heterocycles. The molecule has 0 amide bonds. The standard InChI is InChI=1S/C22H24Cl4O2S2/c23-15-7-13(21(27)17(25)9-15)11-29-19-5-3-1-2-4-6-20(19)30-12-14-8-16(24)10-18(26)22(14)28/h7-10,19-20,27-28H,1-6,11-12H2/t19-,20-/m0/s1. The molecule has 2 aromatic rings. The minimum Gasteiger partial charge on any atom is -0.506 e. The number of aromatic hydroxyl groups is 2. The molecule has 1 saturated carbocycles. The molecule has 0 radical (unpaired) electrons. The lowest BCUT2D eigenvalue weighted by Crippen LogP contribution is -2.22. The van der Waals surface area contributed by atoms with E-state index in [1.165, 1.54) is 25.7 Å². The average molecular weight is 526 g/mol. The molecule has 3 rings (SSSR count). The van der Waals surface area contributed by atoms with E-state index >= 15 is 0 Å². The Labute approximate surface area is 206 Å². The van der Waals surface area contributed by atoms with Gasteiger partial charge in [0, 0.05) is 43.2 Å². The lowest BCUT2D eigenvalue weighted by Gasteiger charge is -2.29. The smallest absolute Gasteiger partial charge is 0.138 e. The lowest BCUT2D eigenvalue weighted by molar-refractivity contribution is 0.470. The van der Waals surface area contributed by atoms with E-state index in [9.17, 15) is 10.2 Å². The molecule has 2 N–H and O–H groups in total. The number of thioether (sulfide) groups is 2. The molecule has 1 aliphatic carbocycles. The number of benzene rings is 2. The van der Waals surface area contributed by atoms with Crippen LogP contribution in [0.4, 0.5) is 0 Å². The van der Waals surface area contributed by atoms with E-state index in [0.717, 1.165) is 24.0 Å². The summed E-state index contributed by atoms with van der Waals surface area (Å²) in [5.41, 5.74) is 1.53. The lowest BCUT2D eigenvalue weighted by atomic mass is 10.00. The topological polar surface area (TPSA) is 40.5 Å². The summed E-state index contributed by atoms with van der Waals surface area (Å²) in [5.74, 6) is 1.54. The number of hydrogen-bond donors (Lipinski definition) is 2. The van der Waals surface area contributed by atoms with Crippen LogP contribution >= 0.6 is 69.9 Å². The number of hydrogen-bond acceptors (Lipinski definition) is 4. The van der Waals surface area contributed by atoms with Crippen molar-refractivity contribution in [2.75, 3.05) is 0 Å². The predicted molar refractivity (Wildman–Crippen MR) is 134 cm³/mol. The van der Waals surface area contributed by atoms with Gasteiger partial charge in [-0.15, -0.1) is 0 Å². The van der Waals surface area contributed by atoms with Crippen molar-refractivity contribution in [3.63, 3.8) is 0 Å². The maximum absolute atomic E-state index is 10.3. The van der Waals surface area contributed by atoms with Gasteiger partial charge in [-0.25, -0.2) is 0 Å². The van der Waals surface area contributed by atoms with Crippen LogP contribution in [-0.4, -0.2) is 20.7 Å². The summed E-state index contributed by atoms with van der Waals surface area (Å²) in [6, 6.07) is 6.69. The van der Waals surface area contributed by atoms with Gasteiger partial charge in [0.2, 0.25) is 0 Å². The summed E-state index contributed by atoms with van der Waals surface area (Å²) in [4.78, 5) is 0. The van der Waals surface area contributed by atoms with Crippen LogP contribution < -0.4 is 0 Å². The van der Waals surface area contributed by atoms with Crippen LogP contribution in [0.15, 0.2) is 24.3 Å². The summed E-state index contributed by atoms with van der Waals surface area (Å²) >= 11 is 28.1. The first-order chi connectivity index (χ1) is 14.3. The highest BCUT2D eigenvalue weighted by Gasteiger charge is 2.25. The van der Waals surface area contributed by atoms with Gasteiger partial charge < -0.3 is 10.2 Å². The minimum atomic E-state index is 0.113. The molecule has 164 valence electrons. The monoisotopic (exact) mass is 524 g/mol. The normalized spacial score (nSPS) is 20.0. The molecule has 0 aromatic heterocycles. The van der Waals surface area contributed by atoms with E-state index in [0.29, 0.717) is 32.1 Å². The zero-order valence-corrected chi connectivity index (χ0v) is 21.0. The van der Waals surface area contributed by atoms with Crippen LogP contribution in [0.25, 0.3) is 0 Å². The fourth-order valence-corrected chi connectivity index (χ4v) is 7.79. The molecule has 2 aromatic carbocycles. The number of phenolic OH excluding ortho intramolecular Hbond substituents is 2. The Kier molecular flexibility index (Phi) is 9.55. The molecule has 0 spiro atoms. The van der Waals surface area contributed by atoms with Gasteiger partial charge in [-0.1, -0.05) is 72.1 Å². The molecule has 1 fully saturated rings. The van der Waals surface area contributed by atoms with Crippen LogP contribution in [0.1, 0.15) is 49.7 Å². The van der Waals surface area contributed by atoms with Crippen molar-refractivity contribution in [2.45, 2.75) is 60.5 Å². The average Bonchev–Trinajstić information content (AvgIpc) is 2.67. The van der Waals surface area contributed by atoms with Gasteiger partial charge in [-0.2, -0.15) is 23.5 Å². The van der Waals surface area contributed by atoms with Crippen molar-refractivity contribution < 1.29 is 10.2 Å². The highest BCUT2D eigenvalue weighted by molar-refractivity contribution is 8.03. The van der Waals surface area contributed by atoms with Gasteiger partial charge in [0.15, 0.2) is 0 Å². The van der Waals surface area contributed by atoms with Crippen molar-refractivity contribution in [3.05, 3.63) is 55.5 Å². The molecule has 0 unspecified atom stereocenters. The van der Waals surface area contributed by atoms with Crippen molar-refractivity contribution in [1.82, 2.24) is 0 Å². The van der Waals surface area contributed by atoms with Crippen LogP contribution in [0.5, 0.6) is 11.5 Å². The SMILES string of the molecule is Oc1c(Cl)cc(Cl)cc1CS[C@H]1CCCCCC[C@@H]1SCc1cc(Cl)cc(Cl)c1O. The van der Waals surface area contributed by atoms with Gasteiger partial charge in [0.05, 0.1) is 10.0 Å². The largest absolute Gasteiger partial charge is 0.506 e. The maximum Gasteiger partial charge on any atom is 0.138 e. The zero-order valence-electron chi connectivity index (χ0n) is 16.3. The summed E-state index contributed by atoms with van der Waals surface area (Å²) in [7, 11) is 0. The van der Waals surface area contributed by atoms with Gasteiger partial charge >= 0.3 is 0 Å². The Morgan fingerprint density at radius 3 is 1.47 bits per heavy atom. The molecule has 0 aliphatic heterocycles. The van der Waals surface area contributed by atoms with Gasteiger partial charge in [0.25, 0.3) is 0 Å². The van der Waals surface area contributed by atoms with Gasteiger partial charge in [0.1, 0.15) is 11.5 Å². The van der Waals surface area contributed by atoms with Crippen molar-refractivity contribution in [2.24, 2.45) is 0 Å². The zero-order chi connectivity index (χ0) is 21.7. The third-order valence-electron chi connectivity index (χ3n) is 5.26. The highest BCUT2D eigenvalue weighted by atomic mass is 35.5. The molecule has 30 heavy (non-hydrogen) atoms. The number of halogens is 4. The van der Waals surface area contributed by atoms with Crippen LogP contribution in [0, 0.1) is 0 Å². The molecule has 0 saturated heterocycles. The number of rotatable bonds is 6. The Balaban J connectivity index is 1.70. The van der Waals surface area contributed by atoms with Crippen LogP contribution in [-0.2, 0) is 11.5 Å². The van der Waals surface area contributed by atoms with E-state index in [4.69, 9.17) is 46.4 Å². The maximum atomic E-state index is 10.3. The first-order valence-electron chi connectivity index (χ1n) is 9.92. The van der Waals surface area contributed by atoms with Crippen LogP contribution in [0.2, 0.25) is 20.1 Å². The van der Waals surface area contributed by atoms with Gasteiger partial charge in [-0.3, -0.25) is 0 Å². The predicted octanol–water partition coefficient (Wildman–Crippen LogP) is 8.97. The summed E-state index contributed by atoms with van der Waals surface area (Å²) in [6.45, 7) is 0. The molecule has 2 atom stereocenters. The van der Waals surface area contributed by atoms with E-state index in [1.54, 1.807) is 24.3 Å². The third kappa shape index (κ3) is 6.70. The van der Waals surface area contributed by atoms with E-state index in [2.05, 4.69) is 0 Å². The highest BCUT2D eigenvalue weighted by Crippen LogP contribution is 2.41. The summed E-state index contributed by atoms with van der Waals surface area (Å²) < 4.78 is 0. The van der Waals surface area contributed by atoms with Gasteiger partial charge in [-0.05, 0) is 37.1 Å². The summed E-state index contributed by atoms with van der Waals surface area (Å²) in [6.07, 6.45) is 7.16. The molecule has 2 nitrogen and oxygen atoms in total. The van der Waals surface area contributed by atoms with E-state index < -0.39 is 0 Å². The first kappa shape index (κ1) is 24.5.